The van der Waals surface area contributed by atoms with E-state index in [1.165, 1.54) is 0 Å². The van der Waals surface area contributed by atoms with Crippen molar-refractivity contribution in [2.75, 3.05) is 6.54 Å². The van der Waals surface area contributed by atoms with Gasteiger partial charge >= 0.3 is 0 Å². The smallest absolute Gasteiger partial charge is 0.118 e. The molecule has 1 rings (SSSR count). The van der Waals surface area contributed by atoms with Crippen molar-refractivity contribution in [3.05, 3.63) is 12.2 Å². The maximum atomic E-state index is 8.31. The molecule has 2 heteroatoms. The minimum absolute atomic E-state index is 0.434. The summed E-state index contributed by atoms with van der Waals surface area (Å²) in [4.78, 5) is 0. The molecule has 0 radical (unpaired) electrons. The normalized spacial score (nSPS) is 25.4. The molecule has 0 aliphatic carbocycles. The second-order valence-electron chi connectivity index (χ2n) is 2.27. The van der Waals surface area contributed by atoms with E-state index >= 15 is 0 Å². The standard InChI is InChI=1S/C7H10N2/c8-5-4-7-3-1-2-6-9-7/h1,3,7,9H,2,4,6H2/p+1. The van der Waals surface area contributed by atoms with Crippen LogP contribution in [0.5, 0.6) is 0 Å². The van der Waals surface area contributed by atoms with Crippen LogP contribution in [0.15, 0.2) is 12.2 Å². The highest BCUT2D eigenvalue weighted by molar-refractivity contribution is 4.94. The third-order valence-electron chi connectivity index (χ3n) is 1.51. The Kier molecular flexibility index (Phi) is 2.29. The van der Waals surface area contributed by atoms with Crippen LogP contribution in [0, 0.1) is 11.3 Å². The van der Waals surface area contributed by atoms with Crippen LogP contribution in [0.25, 0.3) is 0 Å². The molecule has 0 fully saturated rings. The van der Waals surface area contributed by atoms with E-state index in [0.717, 1.165) is 13.0 Å². The lowest BCUT2D eigenvalue weighted by Crippen LogP contribution is -2.90. The molecule has 0 bridgehead atoms. The zero-order valence-electron chi connectivity index (χ0n) is 5.38. The minimum atomic E-state index is 0.434. The van der Waals surface area contributed by atoms with Gasteiger partial charge in [0.1, 0.15) is 6.04 Å². The van der Waals surface area contributed by atoms with E-state index in [1.54, 1.807) is 0 Å². The molecule has 2 nitrogen and oxygen atoms in total. The molecule has 9 heavy (non-hydrogen) atoms. The summed E-state index contributed by atoms with van der Waals surface area (Å²) in [6.07, 6.45) is 6.08. The first-order chi connectivity index (χ1) is 4.43. The van der Waals surface area contributed by atoms with Crippen LogP contribution in [0.1, 0.15) is 12.8 Å². The van der Waals surface area contributed by atoms with Crippen molar-refractivity contribution in [1.82, 2.24) is 0 Å². The van der Waals surface area contributed by atoms with Gasteiger partial charge in [0.25, 0.3) is 0 Å². The molecule has 1 aliphatic heterocycles. The van der Waals surface area contributed by atoms with Gasteiger partial charge < -0.3 is 5.32 Å². The number of hydrogen-bond acceptors (Lipinski definition) is 1. The van der Waals surface area contributed by atoms with Gasteiger partial charge in [-0.3, -0.25) is 0 Å². The zero-order valence-corrected chi connectivity index (χ0v) is 5.38. The highest BCUT2D eigenvalue weighted by Crippen LogP contribution is 1.92. The van der Waals surface area contributed by atoms with Crippen LogP contribution in [-0.4, -0.2) is 12.6 Å². The van der Waals surface area contributed by atoms with Gasteiger partial charge in [0.2, 0.25) is 0 Å². The summed E-state index contributed by atoms with van der Waals surface area (Å²) in [5.41, 5.74) is 0. The fourth-order valence-corrected chi connectivity index (χ4v) is 1.01. The van der Waals surface area contributed by atoms with Gasteiger partial charge in [-0.1, -0.05) is 6.08 Å². The number of nitriles is 1. The molecule has 0 saturated carbocycles. The average Bonchev–Trinajstić information content (AvgIpc) is 1.91. The van der Waals surface area contributed by atoms with Gasteiger partial charge in [-0.25, -0.2) is 0 Å². The predicted molar refractivity (Wildman–Crippen MR) is 34.6 cm³/mol. The largest absolute Gasteiger partial charge is 0.339 e. The molecular weight excluding hydrogens is 112 g/mol. The highest BCUT2D eigenvalue weighted by Gasteiger charge is 2.08. The number of rotatable bonds is 1. The van der Waals surface area contributed by atoms with E-state index in [0.29, 0.717) is 12.5 Å². The van der Waals surface area contributed by atoms with Crippen LogP contribution in [0.4, 0.5) is 0 Å². The van der Waals surface area contributed by atoms with Crippen molar-refractivity contribution in [1.29, 1.82) is 5.26 Å². The first kappa shape index (κ1) is 6.31. The Balaban J connectivity index is 2.33. The first-order valence-corrected chi connectivity index (χ1v) is 3.30. The van der Waals surface area contributed by atoms with Crippen molar-refractivity contribution >= 4 is 0 Å². The van der Waals surface area contributed by atoms with Gasteiger partial charge in [0, 0.05) is 6.42 Å². The number of hydrogen-bond donors (Lipinski definition) is 1. The van der Waals surface area contributed by atoms with E-state index < -0.39 is 0 Å². The summed E-state index contributed by atoms with van der Waals surface area (Å²) >= 11 is 0. The van der Waals surface area contributed by atoms with E-state index in [-0.39, 0.29) is 0 Å². The molecule has 0 saturated heterocycles. The van der Waals surface area contributed by atoms with Crippen LogP contribution in [-0.2, 0) is 0 Å². The summed E-state index contributed by atoms with van der Waals surface area (Å²) in [6.45, 7) is 1.14. The van der Waals surface area contributed by atoms with E-state index in [4.69, 9.17) is 5.26 Å². The molecule has 0 aromatic rings. The molecular formula is C7H11N2+. The Hall–Kier alpha value is -0.810. The lowest BCUT2D eigenvalue weighted by atomic mass is 10.1. The van der Waals surface area contributed by atoms with Crippen molar-refractivity contribution in [2.45, 2.75) is 18.9 Å². The molecule has 0 aromatic carbocycles. The van der Waals surface area contributed by atoms with Gasteiger partial charge in [0.05, 0.1) is 19.0 Å². The summed E-state index contributed by atoms with van der Waals surface area (Å²) in [6, 6.07) is 2.59. The molecule has 48 valence electrons. The molecule has 1 aliphatic rings. The Morgan fingerprint density at radius 3 is 3.22 bits per heavy atom. The number of nitrogens with two attached hydrogens (primary N) is 1. The van der Waals surface area contributed by atoms with Crippen LogP contribution >= 0.6 is 0 Å². The van der Waals surface area contributed by atoms with Gasteiger partial charge in [-0.2, -0.15) is 5.26 Å². The molecule has 1 unspecified atom stereocenters. The lowest BCUT2D eigenvalue weighted by Gasteiger charge is -2.10. The quantitative estimate of drug-likeness (QED) is 0.482. The topological polar surface area (TPSA) is 40.4 Å². The van der Waals surface area contributed by atoms with Gasteiger partial charge in [-0.15, -0.1) is 0 Å². The molecule has 2 N–H and O–H groups in total. The Bertz CT molecular complexity index is 143. The van der Waals surface area contributed by atoms with E-state index in [1.807, 2.05) is 0 Å². The molecule has 1 heterocycles. The van der Waals surface area contributed by atoms with E-state index in [2.05, 4.69) is 23.5 Å². The van der Waals surface area contributed by atoms with Gasteiger partial charge in [0.15, 0.2) is 0 Å². The first-order valence-electron chi connectivity index (χ1n) is 3.30. The second kappa shape index (κ2) is 3.26. The molecule has 0 amide bonds. The molecule has 0 spiro atoms. The Morgan fingerprint density at radius 2 is 2.67 bits per heavy atom. The fraction of sp³-hybridized carbons (Fsp3) is 0.571. The predicted octanol–water partition coefficient (Wildman–Crippen LogP) is -0.208. The van der Waals surface area contributed by atoms with E-state index in [9.17, 15) is 0 Å². The summed E-state index contributed by atoms with van der Waals surface area (Å²) in [7, 11) is 0. The number of quaternary nitrogens is 1. The van der Waals surface area contributed by atoms with Crippen molar-refractivity contribution in [3.63, 3.8) is 0 Å². The van der Waals surface area contributed by atoms with Crippen molar-refractivity contribution < 1.29 is 5.32 Å². The number of nitrogens with zero attached hydrogens (tertiary/aromatic N) is 1. The summed E-state index contributed by atoms with van der Waals surface area (Å²) in [5, 5.41) is 10.5. The zero-order chi connectivity index (χ0) is 6.53. The molecule has 1 atom stereocenters. The average molecular weight is 123 g/mol. The van der Waals surface area contributed by atoms with Gasteiger partial charge in [-0.05, 0) is 6.08 Å². The van der Waals surface area contributed by atoms with Crippen molar-refractivity contribution in [2.24, 2.45) is 0 Å². The highest BCUT2D eigenvalue weighted by atomic mass is 14.9. The van der Waals surface area contributed by atoms with Crippen LogP contribution < -0.4 is 5.32 Å². The fourth-order valence-electron chi connectivity index (χ4n) is 1.01. The third kappa shape index (κ3) is 1.87. The summed E-state index contributed by atoms with van der Waals surface area (Å²) in [5.74, 6) is 0. The van der Waals surface area contributed by atoms with Crippen LogP contribution in [0.2, 0.25) is 0 Å². The molecule has 0 aromatic heterocycles. The second-order valence-corrected chi connectivity index (χ2v) is 2.27. The third-order valence-corrected chi connectivity index (χ3v) is 1.51. The van der Waals surface area contributed by atoms with Crippen LogP contribution in [0.3, 0.4) is 0 Å². The minimum Gasteiger partial charge on any atom is -0.339 e. The lowest BCUT2D eigenvalue weighted by molar-refractivity contribution is -0.680. The SMILES string of the molecule is N#CCC1C=CCC[NH2+]1. The maximum Gasteiger partial charge on any atom is 0.118 e. The van der Waals surface area contributed by atoms with Crippen molar-refractivity contribution in [3.8, 4) is 6.07 Å². The Labute approximate surface area is 55.2 Å². The monoisotopic (exact) mass is 123 g/mol. The maximum absolute atomic E-state index is 8.31. The summed E-state index contributed by atoms with van der Waals surface area (Å²) < 4.78 is 0. The Morgan fingerprint density at radius 1 is 1.78 bits per heavy atom.